The molecule has 1 saturated carbocycles. The second kappa shape index (κ2) is 6.63. The van der Waals surface area contributed by atoms with Crippen LogP contribution in [0.1, 0.15) is 32.6 Å². The molecule has 1 amide bonds. The number of aliphatic carboxylic acids is 1. The SMILES string of the molecule is CC(C(=O)O)N(C(=O)C1CCN(c2nc3ccccc3o2)CC1)C1CC1. The summed E-state index contributed by atoms with van der Waals surface area (Å²) >= 11 is 0. The lowest BCUT2D eigenvalue weighted by Crippen LogP contribution is -2.49. The Morgan fingerprint density at radius 2 is 1.92 bits per heavy atom. The molecule has 1 aliphatic heterocycles. The van der Waals surface area contributed by atoms with Crippen molar-refractivity contribution in [2.45, 2.75) is 44.7 Å². The number of hydrogen-bond acceptors (Lipinski definition) is 5. The highest BCUT2D eigenvalue weighted by Gasteiger charge is 2.41. The molecule has 0 bridgehead atoms. The lowest BCUT2D eigenvalue weighted by Gasteiger charge is -2.35. The number of oxazole rings is 1. The molecule has 4 rings (SSSR count). The molecule has 1 atom stereocenters. The summed E-state index contributed by atoms with van der Waals surface area (Å²) in [5.41, 5.74) is 1.59. The van der Waals surface area contributed by atoms with Crippen molar-refractivity contribution in [2.75, 3.05) is 18.0 Å². The first kappa shape index (κ1) is 16.9. The summed E-state index contributed by atoms with van der Waals surface area (Å²) in [6, 6.07) is 7.58. The highest BCUT2D eigenvalue weighted by atomic mass is 16.4. The summed E-state index contributed by atoms with van der Waals surface area (Å²) < 4.78 is 5.81. The Bertz CT molecular complexity index is 788. The monoisotopic (exact) mass is 357 g/mol. The van der Waals surface area contributed by atoms with Crippen LogP contribution in [0.4, 0.5) is 6.01 Å². The van der Waals surface area contributed by atoms with Gasteiger partial charge in [-0.3, -0.25) is 4.79 Å². The minimum absolute atomic E-state index is 0.0142. The van der Waals surface area contributed by atoms with Gasteiger partial charge >= 0.3 is 5.97 Å². The molecule has 1 aromatic heterocycles. The van der Waals surface area contributed by atoms with Crippen LogP contribution in [-0.4, -0.2) is 52.0 Å². The number of fused-ring (bicyclic) bond motifs is 1. The lowest BCUT2D eigenvalue weighted by molar-refractivity contribution is -0.152. The van der Waals surface area contributed by atoms with Gasteiger partial charge in [-0.05, 0) is 44.7 Å². The molecule has 2 aromatic rings. The third-order valence-corrected chi connectivity index (χ3v) is 5.37. The molecule has 1 saturated heterocycles. The lowest BCUT2D eigenvalue weighted by atomic mass is 9.94. The molecule has 7 nitrogen and oxygen atoms in total. The Hall–Kier alpha value is -2.57. The second-order valence-corrected chi connectivity index (χ2v) is 7.22. The summed E-state index contributed by atoms with van der Waals surface area (Å²) in [7, 11) is 0. The van der Waals surface area contributed by atoms with Gasteiger partial charge in [0.1, 0.15) is 11.6 Å². The van der Waals surface area contributed by atoms with Crippen LogP contribution in [0.3, 0.4) is 0 Å². The van der Waals surface area contributed by atoms with Crippen LogP contribution < -0.4 is 4.90 Å². The van der Waals surface area contributed by atoms with Crippen LogP contribution in [0, 0.1) is 5.92 Å². The summed E-state index contributed by atoms with van der Waals surface area (Å²) in [6.07, 6.45) is 3.19. The summed E-state index contributed by atoms with van der Waals surface area (Å²) in [4.78, 5) is 32.5. The molecule has 1 aromatic carbocycles. The number of amides is 1. The molecule has 26 heavy (non-hydrogen) atoms. The van der Waals surface area contributed by atoms with Crippen LogP contribution >= 0.6 is 0 Å². The van der Waals surface area contributed by atoms with Gasteiger partial charge in [-0.15, -0.1) is 0 Å². The fourth-order valence-corrected chi connectivity index (χ4v) is 3.68. The van der Waals surface area contributed by atoms with E-state index in [1.165, 1.54) is 0 Å². The third kappa shape index (κ3) is 3.13. The molecule has 1 N–H and O–H groups in total. The minimum atomic E-state index is -0.936. The molecule has 0 radical (unpaired) electrons. The Kier molecular flexibility index (Phi) is 4.30. The Labute approximate surface area is 151 Å². The number of hydrogen-bond donors (Lipinski definition) is 1. The number of carbonyl (C=O) groups excluding carboxylic acids is 1. The van der Waals surface area contributed by atoms with Crippen LogP contribution in [0.25, 0.3) is 11.1 Å². The number of carbonyl (C=O) groups is 2. The van der Waals surface area contributed by atoms with E-state index in [0.717, 1.165) is 23.9 Å². The third-order valence-electron chi connectivity index (χ3n) is 5.37. The maximum Gasteiger partial charge on any atom is 0.326 e. The number of benzene rings is 1. The van der Waals surface area contributed by atoms with E-state index in [1.807, 2.05) is 24.3 Å². The van der Waals surface area contributed by atoms with Crippen LogP contribution in [-0.2, 0) is 9.59 Å². The fourth-order valence-electron chi connectivity index (χ4n) is 3.68. The van der Waals surface area contributed by atoms with Gasteiger partial charge in [-0.25, -0.2) is 4.79 Å². The van der Waals surface area contributed by atoms with E-state index < -0.39 is 12.0 Å². The smallest absolute Gasteiger partial charge is 0.326 e. The van der Waals surface area contributed by atoms with Crippen molar-refractivity contribution in [3.63, 3.8) is 0 Å². The van der Waals surface area contributed by atoms with Crippen LogP contribution in [0.15, 0.2) is 28.7 Å². The molecule has 1 unspecified atom stereocenters. The van der Waals surface area contributed by atoms with Crippen molar-refractivity contribution >= 4 is 29.0 Å². The van der Waals surface area contributed by atoms with E-state index in [-0.39, 0.29) is 17.9 Å². The van der Waals surface area contributed by atoms with Crippen molar-refractivity contribution in [1.82, 2.24) is 9.88 Å². The van der Waals surface area contributed by atoms with Crippen molar-refractivity contribution in [3.05, 3.63) is 24.3 Å². The van der Waals surface area contributed by atoms with E-state index >= 15 is 0 Å². The normalized spacial score (nSPS) is 19.5. The van der Waals surface area contributed by atoms with Crippen LogP contribution in [0.2, 0.25) is 0 Å². The van der Waals surface area contributed by atoms with Gasteiger partial charge in [-0.2, -0.15) is 4.98 Å². The van der Waals surface area contributed by atoms with Crippen molar-refractivity contribution in [2.24, 2.45) is 5.92 Å². The minimum Gasteiger partial charge on any atom is -0.480 e. The van der Waals surface area contributed by atoms with E-state index in [2.05, 4.69) is 9.88 Å². The fraction of sp³-hybridized carbons (Fsp3) is 0.526. The molecule has 1 aliphatic carbocycles. The van der Waals surface area contributed by atoms with E-state index in [4.69, 9.17) is 4.42 Å². The van der Waals surface area contributed by atoms with Gasteiger partial charge in [0, 0.05) is 25.0 Å². The zero-order valence-electron chi connectivity index (χ0n) is 14.8. The Morgan fingerprint density at radius 1 is 1.23 bits per heavy atom. The number of rotatable bonds is 5. The van der Waals surface area contributed by atoms with Crippen molar-refractivity contribution in [1.29, 1.82) is 0 Å². The van der Waals surface area contributed by atoms with Gasteiger partial charge in [-0.1, -0.05) is 12.1 Å². The van der Waals surface area contributed by atoms with E-state index in [9.17, 15) is 14.7 Å². The first-order valence-corrected chi connectivity index (χ1v) is 9.20. The van der Waals surface area contributed by atoms with Gasteiger partial charge in [0.15, 0.2) is 5.58 Å². The highest BCUT2D eigenvalue weighted by molar-refractivity contribution is 5.85. The number of anilines is 1. The molecule has 2 aliphatic rings. The predicted octanol–water partition coefficient (Wildman–Crippen LogP) is 2.51. The topological polar surface area (TPSA) is 86.9 Å². The average Bonchev–Trinajstić information content (AvgIpc) is 3.38. The van der Waals surface area contributed by atoms with E-state index in [1.54, 1.807) is 11.8 Å². The van der Waals surface area contributed by atoms with Crippen molar-refractivity contribution < 1.29 is 19.1 Å². The number of carboxylic acid groups (broad SMARTS) is 1. The Balaban J connectivity index is 1.42. The van der Waals surface area contributed by atoms with Gasteiger partial charge < -0.3 is 19.3 Å². The standard InChI is InChI=1S/C19H23N3O4/c1-12(18(24)25)22(14-6-7-14)17(23)13-8-10-21(11-9-13)19-20-15-4-2-3-5-16(15)26-19/h2-5,12-14H,6-11H2,1H3,(H,24,25). The second-order valence-electron chi connectivity index (χ2n) is 7.22. The number of para-hydroxylation sites is 2. The average molecular weight is 357 g/mol. The molecular weight excluding hydrogens is 334 g/mol. The Morgan fingerprint density at radius 3 is 2.54 bits per heavy atom. The first-order valence-electron chi connectivity index (χ1n) is 9.20. The highest BCUT2D eigenvalue weighted by Crippen LogP contribution is 2.33. The van der Waals surface area contributed by atoms with Gasteiger partial charge in [0.2, 0.25) is 5.91 Å². The van der Waals surface area contributed by atoms with Gasteiger partial charge in [0.25, 0.3) is 6.01 Å². The van der Waals surface area contributed by atoms with Crippen molar-refractivity contribution in [3.8, 4) is 0 Å². The summed E-state index contributed by atoms with van der Waals surface area (Å²) in [5.74, 6) is -1.08. The van der Waals surface area contributed by atoms with E-state index in [0.29, 0.717) is 31.9 Å². The maximum atomic E-state index is 12.9. The number of carboxylic acids is 1. The number of piperidine rings is 1. The molecular formula is C19H23N3O4. The zero-order chi connectivity index (χ0) is 18.3. The quantitative estimate of drug-likeness (QED) is 0.885. The summed E-state index contributed by atoms with van der Waals surface area (Å²) in [6.45, 7) is 2.97. The molecule has 0 spiro atoms. The largest absolute Gasteiger partial charge is 0.480 e. The number of nitrogens with zero attached hydrogens (tertiary/aromatic N) is 3. The summed E-state index contributed by atoms with van der Waals surface area (Å²) in [5, 5.41) is 9.31. The first-order chi connectivity index (χ1) is 12.5. The molecule has 138 valence electrons. The number of aromatic nitrogens is 1. The zero-order valence-corrected chi connectivity index (χ0v) is 14.8. The molecule has 2 fully saturated rings. The molecule has 7 heteroatoms. The predicted molar refractivity (Wildman–Crippen MR) is 95.9 cm³/mol. The van der Waals surface area contributed by atoms with Gasteiger partial charge in [0.05, 0.1) is 0 Å². The molecule has 2 heterocycles. The maximum absolute atomic E-state index is 12.9. The van der Waals surface area contributed by atoms with Crippen LogP contribution in [0.5, 0.6) is 0 Å².